The van der Waals surface area contributed by atoms with Crippen LogP contribution in [0.25, 0.3) is 0 Å². The molecule has 0 fully saturated rings. The summed E-state index contributed by atoms with van der Waals surface area (Å²) in [6.45, 7) is 3.08. The number of nitrogens with one attached hydrogen (secondary N) is 1. The number of carbonyl (C=O) groups excluding carboxylic acids is 2. The Morgan fingerprint density at radius 3 is 2.37 bits per heavy atom. The van der Waals surface area contributed by atoms with E-state index in [4.69, 9.17) is 33.7 Å². The van der Waals surface area contributed by atoms with Gasteiger partial charge in [0.05, 0.1) is 16.3 Å². The Balaban J connectivity index is 2.34. The van der Waals surface area contributed by atoms with Crippen molar-refractivity contribution in [3.8, 4) is 0 Å². The fraction of sp³-hybridized carbons (Fsp3) is 0.176. The first-order valence-electron chi connectivity index (χ1n) is 7.60. The Kier molecular flexibility index (Phi) is 6.35. The number of hydrogen-bond donors (Lipinski definition) is 2. The van der Waals surface area contributed by atoms with E-state index in [1.807, 2.05) is 0 Å². The average Bonchev–Trinajstić information content (AvgIpc) is 2.57. The maximum atomic E-state index is 12.7. The highest BCUT2D eigenvalue weighted by molar-refractivity contribution is 7.92. The van der Waals surface area contributed by atoms with Gasteiger partial charge in [0.1, 0.15) is 4.90 Å². The molecule has 0 heterocycles. The summed E-state index contributed by atoms with van der Waals surface area (Å²) in [6, 6.07) is 8.22. The minimum atomic E-state index is -4.11. The first kappa shape index (κ1) is 21.0. The van der Waals surface area contributed by atoms with Crippen LogP contribution in [0.5, 0.6) is 0 Å². The maximum absolute atomic E-state index is 12.7. The van der Waals surface area contributed by atoms with Crippen molar-refractivity contribution in [1.82, 2.24) is 0 Å². The highest BCUT2D eigenvalue weighted by atomic mass is 35.5. The van der Waals surface area contributed by atoms with Gasteiger partial charge in [-0.2, -0.15) is 0 Å². The van der Waals surface area contributed by atoms with Gasteiger partial charge in [0, 0.05) is 5.02 Å². The van der Waals surface area contributed by atoms with Gasteiger partial charge in [-0.3, -0.25) is 9.52 Å². The van der Waals surface area contributed by atoms with Crippen LogP contribution in [0.3, 0.4) is 0 Å². The fourth-order valence-corrected chi connectivity index (χ4v) is 3.75. The van der Waals surface area contributed by atoms with Gasteiger partial charge < -0.3 is 10.5 Å². The number of nitrogens with two attached hydrogens (primary N) is 1. The molecule has 0 aliphatic heterocycles. The molecule has 10 heteroatoms. The Morgan fingerprint density at radius 2 is 1.78 bits per heavy atom. The molecule has 2 rings (SSSR count). The maximum Gasteiger partial charge on any atom is 0.338 e. The van der Waals surface area contributed by atoms with Gasteiger partial charge >= 0.3 is 5.97 Å². The van der Waals surface area contributed by atoms with Crippen molar-refractivity contribution in [3.63, 3.8) is 0 Å². The first-order chi connectivity index (χ1) is 12.5. The zero-order valence-corrected chi connectivity index (χ0v) is 16.7. The van der Waals surface area contributed by atoms with Crippen LogP contribution in [-0.2, 0) is 19.6 Å². The highest BCUT2D eigenvalue weighted by Crippen LogP contribution is 2.27. The molecule has 0 aromatic heterocycles. The van der Waals surface area contributed by atoms with Gasteiger partial charge in [-0.15, -0.1) is 0 Å². The van der Waals surface area contributed by atoms with Crippen LogP contribution in [0.15, 0.2) is 41.3 Å². The Morgan fingerprint density at radius 1 is 1.11 bits per heavy atom. The first-order valence-corrected chi connectivity index (χ1v) is 9.84. The molecular weight excluding hydrogens is 415 g/mol. The molecule has 2 aromatic rings. The van der Waals surface area contributed by atoms with E-state index in [0.29, 0.717) is 5.02 Å². The molecule has 3 N–H and O–H groups in total. The number of primary amides is 1. The molecule has 0 saturated carbocycles. The van der Waals surface area contributed by atoms with Crippen molar-refractivity contribution in [2.24, 2.45) is 5.73 Å². The summed E-state index contributed by atoms with van der Waals surface area (Å²) in [7, 11) is -4.11. The van der Waals surface area contributed by atoms with Gasteiger partial charge in [0.15, 0.2) is 6.10 Å². The number of anilines is 1. The van der Waals surface area contributed by atoms with E-state index in [0.717, 1.165) is 11.6 Å². The summed E-state index contributed by atoms with van der Waals surface area (Å²) in [5.74, 6) is -1.74. The molecule has 0 spiro atoms. The lowest BCUT2D eigenvalue weighted by molar-refractivity contribution is -0.125. The van der Waals surface area contributed by atoms with Crippen LogP contribution >= 0.6 is 23.2 Å². The van der Waals surface area contributed by atoms with E-state index in [9.17, 15) is 18.0 Å². The summed E-state index contributed by atoms with van der Waals surface area (Å²) in [4.78, 5) is 22.8. The number of rotatable bonds is 6. The van der Waals surface area contributed by atoms with Crippen LogP contribution in [0.2, 0.25) is 10.0 Å². The molecular formula is C17H16Cl2N2O5S. The topological polar surface area (TPSA) is 116 Å². The predicted octanol–water partition coefficient (Wildman–Crippen LogP) is 3.13. The number of hydrogen-bond acceptors (Lipinski definition) is 5. The van der Waals surface area contributed by atoms with Crippen molar-refractivity contribution in [2.45, 2.75) is 24.8 Å². The van der Waals surface area contributed by atoms with Crippen LogP contribution < -0.4 is 10.5 Å². The predicted molar refractivity (Wildman–Crippen MR) is 103 cm³/mol. The largest absolute Gasteiger partial charge is 0.449 e. The van der Waals surface area contributed by atoms with Crippen LogP contribution in [0, 0.1) is 6.92 Å². The average molecular weight is 431 g/mol. The molecule has 2 aromatic carbocycles. The van der Waals surface area contributed by atoms with Crippen molar-refractivity contribution < 1.29 is 22.7 Å². The molecule has 7 nitrogen and oxygen atoms in total. The second-order valence-corrected chi connectivity index (χ2v) is 8.13. The van der Waals surface area contributed by atoms with Crippen LogP contribution in [-0.4, -0.2) is 26.4 Å². The van der Waals surface area contributed by atoms with Crippen molar-refractivity contribution in [2.75, 3.05) is 4.72 Å². The van der Waals surface area contributed by atoms with Gasteiger partial charge in [-0.25, -0.2) is 13.2 Å². The summed E-state index contributed by atoms with van der Waals surface area (Å²) in [5, 5.41) is 0.291. The third-order valence-corrected chi connectivity index (χ3v) is 5.84. The summed E-state index contributed by atoms with van der Waals surface area (Å²) in [6.07, 6.45) is -1.17. The van der Waals surface area contributed by atoms with Gasteiger partial charge in [0.2, 0.25) is 0 Å². The molecule has 0 saturated heterocycles. The number of halogens is 2. The third kappa shape index (κ3) is 5.12. The number of sulfonamides is 1. The summed E-state index contributed by atoms with van der Waals surface area (Å²) < 4.78 is 32.5. The quantitative estimate of drug-likeness (QED) is 0.682. The molecule has 1 atom stereocenters. The zero-order valence-electron chi connectivity index (χ0n) is 14.3. The molecule has 144 valence electrons. The van der Waals surface area contributed by atoms with Gasteiger partial charge in [-0.1, -0.05) is 29.3 Å². The van der Waals surface area contributed by atoms with Crippen LogP contribution in [0.1, 0.15) is 22.8 Å². The minimum Gasteiger partial charge on any atom is -0.449 e. The molecule has 0 aliphatic rings. The van der Waals surface area contributed by atoms with E-state index in [1.165, 1.54) is 25.1 Å². The molecule has 27 heavy (non-hydrogen) atoms. The molecule has 1 amide bonds. The molecule has 0 unspecified atom stereocenters. The Hall–Kier alpha value is -2.29. The standard InChI is InChI=1S/C17H16Cl2N2O5S/c1-9-3-5-12(8-14(9)19)21-27(24,25)15-7-11(4-6-13(15)18)17(23)26-10(2)16(20)22/h3-8,10,21H,1-2H3,(H2,20,22)/t10-/m0/s1. The smallest absolute Gasteiger partial charge is 0.338 e. The number of ether oxygens (including phenoxy) is 1. The number of amides is 1. The minimum absolute atomic E-state index is 0.0970. The Labute approximate surface area is 166 Å². The number of carbonyl (C=O) groups is 2. The highest BCUT2D eigenvalue weighted by Gasteiger charge is 2.23. The van der Waals surface area contributed by atoms with E-state index < -0.39 is 28.0 Å². The third-order valence-electron chi connectivity index (χ3n) is 3.56. The van der Waals surface area contributed by atoms with E-state index >= 15 is 0 Å². The lowest BCUT2D eigenvalue weighted by atomic mass is 10.2. The zero-order chi connectivity index (χ0) is 20.4. The van der Waals surface area contributed by atoms with E-state index in [-0.39, 0.29) is 21.2 Å². The van der Waals surface area contributed by atoms with E-state index in [2.05, 4.69) is 4.72 Å². The second-order valence-electron chi connectivity index (χ2n) is 5.66. The van der Waals surface area contributed by atoms with Crippen molar-refractivity contribution in [3.05, 3.63) is 57.6 Å². The van der Waals surface area contributed by atoms with E-state index in [1.54, 1.807) is 19.1 Å². The van der Waals surface area contributed by atoms with Gasteiger partial charge in [-0.05, 0) is 49.7 Å². The monoisotopic (exact) mass is 430 g/mol. The number of benzene rings is 2. The molecule has 0 bridgehead atoms. The Bertz CT molecular complexity index is 1010. The number of aryl methyl sites for hydroxylation is 1. The van der Waals surface area contributed by atoms with Crippen molar-refractivity contribution >= 4 is 50.8 Å². The number of esters is 1. The second kappa shape index (κ2) is 8.16. The van der Waals surface area contributed by atoms with Gasteiger partial charge in [0.25, 0.3) is 15.9 Å². The molecule has 0 radical (unpaired) electrons. The van der Waals surface area contributed by atoms with Crippen molar-refractivity contribution in [1.29, 1.82) is 0 Å². The lowest BCUT2D eigenvalue weighted by Crippen LogP contribution is -2.30. The fourth-order valence-electron chi connectivity index (χ4n) is 1.99. The lowest BCUT2D eigenvalue weighted by Gasteiger charge is -2.13. The summed E-state index contributed by atoms with van der Waals surface area (Å²) >= 11 is 12.0. The normalized spacial score (nSPS) is 12.3. The van der Waals surface area contributed by atoms with Crippen LogP contribution in [0.4, 0.5) is 5.69 Å². The summed E-state index contributed by atoms with van der Waals surface area (Å²) in [5.41, 5.74) is 5.95. The SMILES string of the molecule is Cc1ccc(NS(=O)(=O)c2cc(C(=O)O[C@@H](C)C(N)=O)ccc2Cl)cc1Cl. The molecule has 0 aliphatic carbocycles.